The number of imidazole rings is 1. The van der Waals surface area contributed by atoms with Crippen molar-refractivity contribution < 1.29 is 0 Å². The number of hydrogen-bond donors (Lipinski definition) is 0. The predicted molar refractivity (Wildman–Crippen MR) is 93.8 cm³/mol. The Morgan fingerprint density at radius 1 is 0.826 bits per heavy atom. The number of benzene rings is 2. The van der Waals surface area contributed by atoms with Crippen LogP contribution >= 0.6 is 0 Å². The lowest BCUT2D eigenvalue weighted by Crippen LogP contribution is -1.98. The van der Waals surface area contributed by atoms with E-state index in [1.807, 2.05) is 36.5 Å². The molecule has 0 amide bonds. The van der Waals surface area contributed by atoms with Crippen LogP contribution in [0.1, 0.15) is 11.1 Å². The Kier molecular flexibility index (Phi) is 3.19. The Labute approximate surface area is 135 Å². The highest BCUT2D eigenvalue weighted by atomic mass is 15.1. The van der Waals surface area contributed by atoms with E-state index in [0.717, 1.165) is 28.2 Å². The Morgan fingerprint density at radius 3 is 2.30 bits per heavy atom. The van der Waals surface area contributed by atoms with Gasteiger partial charge in [-0.2, -0.15) is 0 Å². The number of para-hydroxylation sites is 1. The molecule has 0 spiro atoms. The van der Waals surface area contributed by atoms with Gasteiger partial charge in [-0.3, -0.25) is 4.57 Å². The van der Waals surface area contributed by atoms with Gasteiger partial charge >= 0.3 is 0 Å². The Hall–Kier alpha value is -2.94. The molecule has 112 valence electrons. The quantitative estimate of drug-likeness (QED) is 0.537. The van der Waals surface area contributed by atoms with Gasteiger partial charge in [0.2, 0.25) is 0 Å². The van der Waals surface area contributed by atoms with Crippen LogP contribution in [-0.2, 0) is 0 Å². The molecular weight excluding hydrogens is 282 g/mol. The number of pyridine rings is 1. The highest BCUT2D eigenvalue weighted by Gasteiger charge is 2.15. The first kappa shape index (κ1) is 13.7. The molecule has 0 unspecified atom stereocenters. The standard InChI is InChI=1S/C20H17N3/c1-14-11-15(2)13-16(12-14)19-22-18-9-6-10-21-20(18)23(19)17-7-4-3-5-8-17/h3-13H,1-2H3. The first-order valence-corrected chi connectivity index (χ1v) is 7.70. The molecule has 0 N–H and O–H groups in total. The number of fused-ring (bicyclic) bond motifs is 1. The molecule has 0 bridgehead atoms. The maximum absolute atomic E-state index is 4.84. The van der Waals surface area contributed by atoms with Crippen LogP contribution in [0.2, 0.25) is 0 Å². The van der Waals surface area contributed by atoms with Gasteiger partial charge in [0, 0.05) is 17.4 Å². The molecule has 0 saturated carbocycles. The van der Waals surface area contributed by atoms with E-state index >= 15 is 0 Å². The van der Waals surface area contributed by atoms with Crippen LogP contribution in [0.3, 0.4) is 0 Å². The SMILES string of the molecule is Cc1cc(C)cc(-c2nc3cccnc3n2-c2ccccc2)c1. The zero-order chi connectivity index (χ0) is 15.8. The number of aromatic nitrogens is 3. The molecule has 23 heavy (non-hydrogen) atoms. The molecule has 3 heteroatoms. The molecule has 0 saturated heterocycles. The molecule has 2 aromatic heterocycles. The van der Waals surface area contributed by atoms with Crippen LogP contribution in [0.15, 0.2) is 66.9 Å². The van der Waals surface area contributed by atoms with E-state index in [9.17, 15) is 0 Å². The second kappa shape index (κ2) is 5.36. The number of aryl methyl sites for hydroxylation is 2. The van der Waals surface area contributed by atoms with E-state index in [1.165, 1.54) is 11.1 Å². The van der Waals surface area contributed by atoms with Gasteiger partial charge in [-0.25, -0.2) is 9.97 Å². The van der Waals surface area contributed by atoms with Crippen molar-refractivity contribution in [3.05, 3.63) is 78.0 Å². The minimum atomic E-state index is 0.882. The van der Waals surface area contributed by atoms with Gasteiger partial charge < -0.3 is 0 Å². The third-order valence-corrected chi connectivity index (χ3v) is 3.91. The van der Waals surface area contributed by atoms with Crippen molar-refractivity contribution in [3.8, 4) is 17.1 Å². The Morgan fingerprint density at radius 2 is 1.57 bits per heavy atom. The molecule has 0 aliphatic rings. The lowest BCUT2D eigenvalue weighted by Gasteiger charge is -2.10. The van der Waals surface area contributed by atoms with Gasteiger partial charge in [0.25, 0.3) is 0 Å². The van der Waals surface area contributed by atoms with Gasteiger partial charge in [-0.05, 0) is 50.2 Å². The topological polar surface area (TPSA) is 30.7 Å². The lowest BCUT2D eigenvalue weighted by atomic mass is 10.1. The Balaban J connectivity index is 2.07. The summed E-state index contributed by atoms with van der Waals surface area (Å²) < 4.78 is 2.13. The molecule has 0 aliphatic carbocycles. The largest absolute Gasteiger partial charge is 0.277 e. The van der Waals surface area contributed by atoms with E-state index in [2.05, 4.69) is 53.7 Å². The summed E-state index contributed by atoms with van der Waals surface area (Å²) in [6.45, 7) is 4.23. The third kappa shape index (κ3) is 2.40. The first-order chi connectivity index (χ1) is 11.2. The van der Waals surface area contributed by atoms with Crippen molar-refractivity contribution in [2.45, 2.75) is 13.8 Å². The fraction of sp³-hybridized carbons (Fsp3) is 0.100. The van der Waals surface area contributed by atoms with Crippen molar-refractivity contribution in [2.75, 3.05) is 0 Å². The number of rotatable bonds is 2. The Bertz CT molecular complexity index is 964. The summed E-state index contributed by atoms with van der Waals surface area (Å²) in [6, 6.07) is 20.7. The van der Waals surface area contributed by atoms with E-state index in [0.29, 0.717) is 0 Å². The third-order valence-electron chi connectivity index (χ3n) is 3.91. The highest BCUT2D eigenvalue weighted by molar-refractivity contribution is 5.80. The van der Waals surface area contributed by atoms with Crippen molar-refractivity contribution in [3.63, 3.8) is 0 Å². The average molecular weight is 299 g/mol. The molecule has 0 aliphatic heterocycles. The summed E-state index contributed by atoms with van der Waals surface area (Å²) in [6.07, 6.45) is 1.81. The van der Waals surface area contributed by atoms with Crippen molar-refractivity contribution in [2.24, 2.45) is 0 Å². The van der Waals surface area contributed by atoms with Gasteiger partial charge in [-0.15, -0.1) is 0 Å². The van der Waals surface area contributed by atoms with Gasteiger partial charge in [0.1, 0.15) is 11.3 Å². The average Bonchev–Trinajstić information content (AvgIpc) is 2.94. The van der Waals surface area contributed by atoms with E-state index in [4.69, 9.17) is 4.98 Å². The van der Waals surface area contributed by atoms with E-state index in [-0.39, 0.29) is 0 Å². The highest BCUT2D eigenvalue weighted by Crippen LogP contribution is 2.28. The molecule has 4 aromatic rings. The van der Waals surface area contributed by atoms with Crippen molar-refractivity contribution >= 4 is 11.2 Å². The molecule has 0 fully saturated rings. The fourth-order valence-electron chi connectivity index (χ4n) is 3.03. The lowest BCUT2D eigenvalue weighted by molar-refractivity contribution is 1.08. The zero-order valence-corrected chi connectivity index (χ0v) is 13.2. The first-order valence-electron chi connectivity index (χ1n) is 7.70. The van der Waals surface area contributed by atoms with Gasteiger partial charge in [0.15, 0.2) is 5.65 Å². The van der Waals surface area contributed by atoms with Crippen LogP contribution in [0.25, 0.3) is 28.2 Å². The van der Waals surface area contributed by atoms with E-state index < -0.39 is 0 Å². The van der Waals surface area contributed by atoms with E-state index in [1.54, 1.807) is 0 Å². The molecular formula is C20H17N3. The van der Waals surface area contributed by atoms with Crippen LogP contribution in [-0.4, -0.2) is 14.5 Å². The normalized spacial score (nSPS) is 11.0. The summed E-state index contributed by atoms with van der Waals surface area (Å²) in [5.41, 5.74) is 6.45. The monoisotopic (exact) mass is 299 g/mol. The van der Waals surface area contributed by atoms with Crippen LogP contribution in [0, 0.1) is 13.8 Å². The van der Waals surface area contributed by atoms with Crippen LogP contribution < -0.4 is 0 Å². The number of hydrogen-bond acceptors (Lipinski definition) is 2. The molecule has 0 atom stereocenters. The summed E-state index contributed by atoms with van der Waals surface area (Å²) in [7, 11) is 0. The summed E-state index contributed by atoms with van der Waals surface area (Å²) in [5.74, 6) is 0.928. The molecule has 3 nitrogen and oxygen atoms in total. The van der Waals surface area contributed by atoms with Crippen molar-refractivity contribution in [1.82, 2.24) is 14.5 Å². The van der Waals surface area contributed by atoms with Gasteiger partial charge in [-0.1, -0.05) is 35.4 Å². The summed E-state index contributed by atoms with van der Waals surface area (Å²) in [4.78, 5) is 9.39. The fourth-order valence-corrected chi connectivity index (χ4v) is 3.03. The maximum Gasteiger partial charge on any atom is 0.164 e. The minimum absolute atomic E-state index is 0.882. The minimum Gasteiger partial charge on any atom is -0.277 e. The van der Waals surface area contributed by atoms with Gasteiger partial charge in [0.05, 0.1) is 0 Å². The zero-order valence-electron chi connectivity index (χ0n) is 13.2. The molecule has 0 radical (unpaired) electrons. The molecule has 4 rings (SSSR count). The summed E-state index contributed by atoms with van der Waals surface area (Å²) >= 11 is 0. The number of nitrogens with zero attached hydrogens (tertiary/aromatic N) is 3. The molecule has 2 aromatic carbocycles. The molecule has 2 heterocycles. The van der Waals surface area contributed by atoms with Crippen LogP contribution in [0.4, 0.5) is 0 Å². The second-order valence-corrected chi connectivity index (χ2v) is 5.83. The second-order valence-electron chi connectivity index (χ2n) is 5.83. The predicted octanol–water partition coefficient (Wildman–Crippen LogP) is 4.70. The summed E-state index contributed by atoms with van der Waals surface area (Å²) in [5, 5.41) is 0. The van der Waals surface area contributed by atoms with Crippen LogP contribution in [0.5, 0.6) is 0 Å². The maximum atomic E-state index is 4.84. The van der Waals surface area contributed by atoms with Crippen molar-refractivity contribution in [1.29, 1.82) is 0 Å². The smallest absolute Gasteiger partial charge is 0.164 e.